The Morgan fingerprint density at radius 3 is 2.58 bits per heavy atom. The number of imidazole rings is 1. The van der Waals surface area contributed by atoms with E-state index in [1.807, 2.05) is 6.92 Å². The number of aromatic nitrogens is 4. The average molecular weight is 504 g/mol. The fraction of sp³-hybridized carbons (Fsp3) is 0.700. The summed E-state index contributed by atoms with van der Waals surface area (Å²) in [4.78, 5) is 25.3. The third-order valence-corrected chi connectivity index (χ3v) is 6.93. The minimum Gasteiger partial charge on any atom is -0.340 e. The Bertz CT molecular complexity index is 1030. The molecule has 3 heterocycles. The number of carbonyl (C=O) groups excluding carboxylic acids is 1. The molecule has 0 radical (unpaired) electrons. The molecular formula is C20H31ClN5O6P. The minimum absolute atomic E-state index is 0.0125. The van der Waals surface area contributed by atoms with E-state index in [0.717, 1.165) is 0 Å². The number of ether oxygens (including phenoxy) is 2. The van der Waals surface area contributed by atoms with Crippen LogP contribution in [-0.2, 0) is 27.9 Å². The van der Waals surface area contributed by atoms with Crippen molar-refractivity contribution in [2.75, 3.05) is 24.9 Å². The van der Waals surface area contributed by atoms with Crippen LogP contribution in [0.1, 0.15) is 54.2 Å². The van der Waals surface area contributed by atoms with Crippen LogP contribution >= 0.6 is 19.2 Å². The third kappa shape index (κ3) is 6.09. The van der Waals surface area contributed by atoms with Crippen molar-refractivity contribution in [3.8, 4) is 0 Å². The van der Waals surface area contributed by atoms with Gasteiger partial charge in [0.2, 0.25) is 11.2 Å². The first-order valence-electron chi connectivity index (χ1n) is 10.8. The number of rotatable bonds is 9. The van der Waals surface area contributed by atoms with Crippen molar-refractivity contribution in [2.24, 2.45) is 11.3 Å². The molecular weight excluding hydrogens is 473 g/mol. The largest absolute Gasteiger partial charge is 0.356 e. The number of nitrogens with one attached hydrogen (secondary N) is 1. The number of fused-ring (bicyclic) bond motifs is 1. The van der Waals surface area contributed by atoms with Crippen LogP contribution < -0.4 is 5.32 Å². The monoisotopic (exact) mass is 503 g/mol. The Morgan fingerprint density at radius 2 is 1.97 bits per heavy atom. The lowest BCUT2D eigenvalue weighted by atomic mass is 9.96. The zero-order valence-electron chi connectivity index (χ0n) is 19.7. The summed E-state index contributed by atoms with van der Waals surface area (Å²) in [6.07, 6.45) is 0.866. The van der Waals surface area contributed by atoms with Crippen LogP contribution in [0.15, 0.2) is 6.33 Å². The molecule has 1 aliphatic rings. The lowest BCUT2D eigenvalue weighted by Crippen LogP contribution is -2.28. The van der Waals surface area contributed by atoms with Crippen LogP contribution in [0.25, 0.3) is 11.2 Å². The fourth-order valence-corrected chi connectivity index (χ4v) is 4.81. The summed E-state index contributed by atoms with van der Waals surface area (Å²) in [6, 6.07) is 0. The van der Waals surface area contributed by atoms with E-state index < -0.39 is 25.5 Å². The topological polar surface area (TPSA) is 127 Å². The van der Waals surface area contributed by atoms with Gasteiger partial charge in [-0.05, 0) is 25.4 Å². The number of hydrogen-bond donors (Lipinski definition) is 1. The molecule has 0 unspecified atom stereocenters. The average Bonchev–Trinajstić information content (AvgIpc) is 3.29. The van der Waals surface area contributed by atoms with E-state index >= 15 is 0 Å². The summed E-state index contributed by atoms with van der Waals surface area (Å²) in [6.45, 7) is 11.3. The molecule has 0 aromatic carbocycles. The molecule has 0 aliphatic carbocycles. The van der Waals surface area contributed by atoms with Gasteiger partial charge in [-0.1, -0.05) is 27.7 Å². The second-order valence-corrected chi connectivity index (χ2v) is 11.1. The van der Waals surface area contributed by atoms with Gasteiger partial charge in [-0.2, -0.15) is 9.97 Å². The predicted molar refractivity (Wildman–Crippen MR) is 123 cm³/mol. The van der Waals surface area contributed by atoms with Gasteiger partial charge in [0.05, 0.1) is 19.5 Å². The van der Waals surface area contributed by atoms with Crippen LogP contribution in [0.4, 0.5) is 5.82 Å². The second kappa shape index (κ2) is 10.3. The summed E-state index contributed by atoms with van der Waals surface area (Å²) in [7, 11) is -3.36. The van der Waals surface area contributed by atoms with Gasteiger partial charge in [0.1, 0.15) is 6.23 Å². The van der Waals surface area contributed by atoms with E-state index in [9.17, 15) is 9.36 Å². The SMILES string of the molecule is CCOP(=O)(CO[C@H]1O[C@@H](n2cnc3c(NC(=O)C(C)(C)C)nc(Cl)nc32)C[C@@H]1C)OCC. The van der Waals surface area contributed by atoms with Crippen molar-refractivity contribution in [3.05, 3.63) is 11.6 Å². The molecule has 2 aromatic heterocycles. The molecule has 0 saturated carbocycles. The van der Waals surface area contributed by atoms with Crippen molar-refractivity contribution < 1.29 is 27.9 Å². The maximum Gasteiger partial charge on any atom is 0.356 e. The molecule has 1 fully saturated rings. The van der Waals surface area contributed by atoms with Crippen molar-refractivity contribution in [1.82, 2.24) is 19.5 Å². The number of amides is 1. The van der Waals surface area contributed by atoms with Gasteiger partial charge in [-0.15, -0.1) is 0 Å². The van der Waals surface area contributed by atoms with Gasteiger partial charge < -0.3 is 23.8 Å². The normalized spacial score (nSPS) is 21.6. The van der Waals surface area contributed by atoms with E-state index in [2.05, 4.69) is 20.3 Å². The quantitative estimate of drug-likeness (QED) is 0.386. The summed E-state index contributed by atoms with van der Waals surface area (Å²) in [5.41, 5.74) is 0.199. The molecule has 11 nitrogen and oxygen atoms in total. The number of carbonyl (C=O) groups is 1. The minimum atomic E-state index is -3.36. The first-order valence-corrected chi connectivity index (χ1v) is 12.9. The highest BCUT2D eigenvalue weighted by molar-refractivity contribution is 7.53. The van der Waals surface area contributed by atoms with Gasteiger partial charge in [0, 0.05) is 17.8 Å². The molecule has 1 saturated heterocycles. The molecule has 3 atom stereocenters. The van der Waals surface area contributed by atoms with Crippen molar-refractivity contribution >= 4 is 42.1 Å². The zero-order chi connectivity index (χ0) is 24.4. The van der Waals surface area contributed by atoms with Gasteiger partial charge in [-0.3, -0.25) is 13.9 Å². The molecule has 13 heteroatoms. The molecule has 1 N–H and O–H groups in total. The van der Waals surface area contributed by atoms with E-state index in [4.69, 9.17) is 30.1 Å². The lowest BCUT2D eigenvalue weighted by molar-refractivity contribution is -0.153. The van der Waals surface area contributed by atoms with Crippen molar-refractivity contribution in [1.29, 1.82) is 0 Å². The standard InChI is InChI=1S/C20H31ClN5O6P/c1-7-30-33(28,31-8-2)11-29-17-12(3)9-13(32-17)26-10-22-14-15(23-18(27)20(4,5)6)24-19(21)25-16(14)26/h10,12-13,17H,7-9,11H2,1-6H3,(H,23,24,25,27)/t12-,13+,17-/m0/s1. The lowest BCUT2D eigenvalue weighted by Gasteiger charge is -2.21. The fourth-order valence-electron chi connectivity index (χ4n) is 3.31. The maximum atomic E-state index is 12.7. The van der Waals surface area contributed by atoms with Gasteiger partial charge in [0.25, 0.3) is 0 Å². The third-order valence-electron chi connectivity index (χ3n) is 5.00. The molecule has 0 spiro atoms. The van der Waals surface area contributed by atoms with Crippen molar-refractivity contribution in [3.63, 3.8) is 0 Å². The summed E-state index contributed by atoms with van der Waals surface area (Å²) < 4.78 is 36.8. The molecule has 184 valence electrons. The summed E-state index contributed by atoms with van der Waals surface area (Å²) in [5.74, 6) is -0.00115. The number of halogens is 1. The summed E-state index contributed by atoms with van der Waals surface area (Å²) in [5, 5.41) is 2.75. The zero-order valence-corrected chi connectivity index (χ0v) is 21.4. The predicted octanol–water partition coefficient (Wildman–Crippen LogP) is 4.59. The number of hydrogen-bond acceptors (Lipinski definition) is 9. The molecule has 3 rings (SSSR count). The highest BCUT2D eigenvalue weighted by atomic mass is 35.5. The first-order chi connectivity index (χ1) is 15.5. The van der Waals surface area contributed by atoms with Gasteiger partial charge in [0.15, 0.2) is 29.6 Å². The smallest absolute Gasteiger partial charge is 0.340 e. The molecule has 2 aromatic rings. The van der Waals surface area contributed by atoms with Gasteiger partial charge >= 0.3 is 7.60 Å². The Kier molecular flexibility index (Phi) is 8.14. The highest BCUT2D eigenvalue weighted by Crippen LogP contribution is 2.49. The number of nitrogens with zero attached hydrogens (tertiary/aromatic N) is 4. The van der Waals surface area contributed by atoms with Crippen molar-refractivity contribution in [2.45, 2.75) is 60.5 Å². The molecule has 0 bridgehead atoms. The summed E-state index contributed by atoms with van der Waals surface area (Å²) >= 11 is 6.13. The molecule has 33 heavy (non-hydrogen) atoms. The Balaban J connectivity index is 1.79. The van der Waals surface area contributed by atoms with E-state index in [0.29, 0.717) is 17.6 Å². The van der Waals surface area contributed by atoms with Crippen LogP contribution in [0.5, 0.6) is 0 Å². The van der Waals surface area contributed by atoms with Crippen LogP contribution in [-0.4, -0.2) is 51.3 Å². The van der Waals surface area contributed by atoms with E-state index in [1.165, 1.54) is 0 Å². The number of anilines is 1. The highest BCUT2D eigenvalue weighted by Gasteiger charge is 2.37. The van der Waals surface area contributed by atoms with Crippen LogP contribution in [0.3, 0.4) is 0 Å². The molecule has 1 aliphatic heterocycles. The van der Waals surface area contributed by atoms with E-state index in [1.54, 1.807) is 45.5 Å². The van der Waals surface area contributed by atoms with Gasteiger partial charge in [-0.25, -0.2) is 4.98 Å². The van der Waals surface area contributed by atoms with E-state index in [-0.39, 0.29) is 42.5 Å². The second-order valence-electron chi connectivity index (χ2n) is 8.78. The Hall–Kier alpha value is -1.62. The van der Waals surface area contributed by atoms with Crippen LogP contribution in [0, 0.1) is 11.3 Å². The Labute approximate surface area is 198 Å². The maximum absolute atomic E-state index is 12.7. The molecule has 1 amide bonds. The van der Waals surface area contributed by atoms with Crippen LogP contribution in [0.2, 0.25) is 5.28 Å². The Morgan fingerprint density at radius 1 is 1.30 bits per heavy atom. The first kappa shape index (κ1) is 26.0.